The Morgan fingerprint density at radius 3 is 2.69 bits per heavy atom. The van der Waals surface area contributed by atoms with Crippen molar-refractivity contribution >= 4 is 5.78 Å². The summed E-state index contributed by atoms with van der Waals surface area (Å²) in [6, 6.07) is 0. The number of hydrogen-bond donors (Lipinski definition) is 2. The number of aliphatic hydroxyl groups excluding tert-OH is 1. The highest BCUT2D eigenvalue weighted by Crippen LogP contribution is 2.71. The fourth-order valence-corrected chi connectivity index (χ4v) is 8.48. The zero-order chi connectivity index (χ0) is 20.8. The van der Waals surface area contributed by atoms with Crippen molar-refractivity contribution in [2.24, 2.45) is 28.6 Å². The smallest absolute Gasteiger partial charge is 0.192 e. The molecule has 2 saturated heterocycles. The number of carbonyl (C=O) groups excluding carboxylic acids is 1. The van der Waals surface area contributed by atoms with Crippen LogP contribution in [0.3, 0.4) is 0 Å². The molecule has 5 aliphatic rings. The molecule has 0 amide bonds. The molecule has 0 bridgehead atoms. The van der Waals surface area contributed by atoms with Gasteiger partial charge in [0.2, 0.25) is 0 Å². The van der Waals surface area contributed by atoms with E-state index in [2.05, 4.69) is 20.8 Å². The van der Waals surface area contributed by atoms with Gasteiger partial charge in [-0.05, 0) is 56.8 Å². The first-order chi connectivity index (χ1) is 13.6. The van der Waals surface area contributed by atoms with E-state index in [9.17, 15) is 15.0 Å². The van der Waals surface area contributed by atoms with Crippen molar-refractivity contribution in [3.05, 3.63) is 0 Å². The van der Waals surface area contributed by atoms with Gasteiger partial charge in [0.15, 0.2) is 12.6 Å². The van der Waals surface area contributed by atoms with E-state index in [-0.39, 0.29) is 16.7 Å². The van der Waals surface area contributed by atoms with Crippen LogP contribution in [0, 0.1) is 28.6 Å². The molecule has 0 aromatic carbocycles. The molecular formula is C23H36O6. The van der Waals surface area contributed by atoms with Crippen molar-refractivity contribution in [3.63, 3.8) is 0 Å². The third-order valence-corrected chi connectivity index (χ3v) is 9.72. The highest BCUT2D eigenvalue weighted by atomic mass is 16.8. The first-order valence-electron chi connectivity index (χ1n) is 11.5. The number of Topliss-reactive ketones (excluding diaryl/α,β-unsaturated/α-hetero) is 1. The van der Waals surface area contributed by atoms with Crippen molar-refractivity contribution in [3.8, 4) is 0 Å². The number of fused-ring (bicyclic) bond motifs is 2. The van der Waals surface area contributed by atoms with Crippen molar-refractivity contribution in [2.75, 3.05) is 6.61 Å². The van der Waals surface area contributed by atoms with E-state index in [1.807, 2.05) is 6.92 Å². The molecule has 29 heavy (non-hydrogen) atoms. The number of rotatable bonds is 2. The molecule has 2 N–H and O–H groups in total. The predicted octanol–water partition coefficient (Wildman–Crippen LogP) is 2.79. The van der Waals surface area contributed by atoms with Crippen LogP contribution < -0.4 is 0 Å². The second kappa shape index (κ2) is 6.26. The van der Waals surface area contributed by atoms with Crippen LogP contribution in [0.4, 0.5) is 0 Å². The summed E-state index contributed by atoms with van der Waals surface area (Å²) in [5.41, 5.74) is -2.31. The van der Waals surface area contributed by atoms with Crippen molar-refractivity contribution in [2.45, 2.75) is 103 Å². The van der Waals surface area contributed by atoms with Gasteiger partial charge in [0.25, 0.3) is 0 Å². The molecule has 5 rings (SSSR count). The van der Waals surface area contributed by atoms with E-state index in [0.717, 1.165) is 25.7 Å². The Morgan fingerprint density at radius 2 is 1.97 bits per heavy atom. The van der Waals surface area contributed by atoms with Gasteiger partial charge >= 0.3 is 0 Å². The van der Waals surface area contributed by atoms with E-state index in [1.54, 1.807) is 0 Å². The normalized spacial score (nSPS) is 59.0. The lowest BCUT2D eigenvalue weighted by Crippen LogP contribution is -2.70. The molecule has 2 heterocycles. The monoisotopic (exact) mass is 408 g/mol. The van der Waals surface area contributed by atoms with Gasteiger partial charge in [-0.1, -0.05) is 27.2 Å². The molecule has 6 nitrogen and oxygen atoms in total. The van der Waals surface area contributed by atoms with Crippen LogP contribution in [0.15, 0.2) is 0 Å². The number of ether oxygens (including phenoxy) is 3. The molecular weight excluding hydrogens is 372 g/mol. The maximum Gasteiger partial charge on any atom is 0.192 e. The molecule has 10 atom stereocenters. The van der Waals surface area contributed by atoms with Gasteiger partial charge in [-0.2, -0.15) is 0 Å². The van der Waals surface area contributed by atoms with Crippen LogP contribution in [0.1, 0.15) is 72.6 Å². The van der Waals surface area contributed by atoms with Gasteiger partial charge < -0.3 is 24.4 Å². The Bertz CT molecular complexity index is 711. The molecule has 0 radical (unpaired) electrons. The minimum atomic E-state index is -1.44. The van der Waals surface area contributed by atoms with Crippen molar-refractivity contribution < 1.29 is 29.2 Å². The average Bonchev–Trinajstić information content (AvgIpc) is 3.06. The zero-order valence-electron chi connectivity index (χ0n) is 18.1. The Morgan fingerprint density at radius 1 is 1.21 bits per heavy atom. The third-order valence-electron chi connectivity index (χ3n) is 9.72. The van der Waals surface area contributed by atoms with Gasteiger partial charge in [0.05, 0.1) is 5.60 Å². The zero-order valence-corrected chi connectivity index (χ0v) is 18.1. The number of carbonyl (C=O) groups is 1. The van der Waals surface area contributed by atoms with Crippen LogP contribution in [0.25, 0.3) is 0 Å². The third kappa shape index (κ3) is 2.33. The topological polar surface area (TPSA) is 85.2 Å². The lowest BCUT2D eigenvalue weighted by atomic mass is 9.43. The van der Waals surface area contributed by atoms with E-state index >= 15 is 0 Å². The summed E-state index contributed by atoms with van der Waals surface area (Å²) in [5.74, 6) is 1.43. The molecule has 0 aromatic rings. The quantitative estimate of drug-likeness (QED) is 0.731. The lowest BCUT2D eigenvalue weighted by Gasteiger charge is -2.66. The summed E-state index contributed by atoms with van der Waals surface area (Å²) < 4.78 is 18.2. The van der Waals surface area contributed by atoms with E-state index < -0.39 is 29.9 Å². The molecule has 3 aliphatic carbocycles. The summed E-state index contributed by atoms with van der Waals surface area (Å²) in [6.45, 7) is 8.99. The van der Waals surface area contributed by atoms with Crippen molar-refractivity contribution in [1.82, 2.24) is 0 Å². The molecule has 5 fully saturated rings. The van der Waals surface area contributed by atoms with Crippen LogP contribution in [-0.2, 0) is 19.0 Å². The van der Waals surface area contributed by atoms with Crippen LogP contribution >= 0.6 is 0 Å². The minimum Gasteiger partial charge on any atom is -0.385 e. The van der Waals surface area contributed by atoms with Gasteiger partial charge in [-0.15, -0.1) is 0 Å². The summed E-state index contributed by atoms with van der Waals surface area (Å²) in [6.07, 6.45) is 2.92. The number of hydrogen-bond acceptors (Lipinski definition) is 6. The summed E-state index contributed by atoms with van der Waals surface area (Å²) in [4.78, 5) is 13.0. The molecule has 0 unspecified atom stereocenters. The Balaban J connectivity index is 1.53. The molecule has 164 valence electrons. The SMILES string of the molecule is CCO[C@@H]1O[C@@H]2O[C@]3(CC[C@]2(O)[C@H]1O)[C@H](C)C[C@H]1CC(=O)[C@@]2(C)CCC[C@@]3(C)[C@@H]12. The van der Waals surface area contributed by atoms with E-state index in [4.69, 9.17) is 14.2 Å². The molecule has 0 aromatic heterocycles. The maximum absolute atomic E-state index is 13.0. The average molecular weight is 409 g/mol. The molecule has 6 heteroatoms. The molecule has 1 spiro atoms. The standard InChI is InChI=1S/C23H36O6/c1-5-27-18-17(25)22(26)9-10-23(29-19(22)28-18)13(2)11-14-12-15(24)20(3)7-6-8-21(23,4)16(14)20/h13-14,16-19,25-26H,5-12H2,1-4H3/t13-,14+,16+,17+,18-,19-,20-,21+,22+,23-/m1/s1. The first kappa shape index (κ1) is 20.4. The van der Waals surface area contributed by atoms with Gasteiger partial charge in [-0.25, -0.2) is 0 Å². The van der Waals surface area contributed by atoms with E-state index in [1.165, 1.54) is 0 Å². The summed E-state index contributed by atoms with van der Waals surface area (Å²) >= 11 is 0. The van der Waals surface area contributed by atoms with Gasteiger partial charge in [0.1, 0.15) is 17.5 Å². The number of ketones is 1. The highest BCUT2D eigenvalue weighted by Gasteiger charge is 2.73. The lowest BCUT2D eigenvalue weighted by molar-refractivity contribution is -0.356. The second-order valence-corrected chi connectivity index (χ2v) is 10.9. The van der Waals surface area contributed by atoms with Crippen LogP contribution in [0.5, 0.6) is 0 Å². The summed E-state index contributed by atoms with van der Waals surface area (Å²) in [7, 11) is 0. The van der Waals surface area contributed by atoms with Gasteiger partial charge in [0, 0.05) is 23.9 Å². The molecule has 3 saturated carbocycles. The van der Waals surface area contributed by atoms with Gasteiger partial charge in [-0.3, -0.25) is 4.79 Å². The van der Waals surface area contributed by atoms with Crippen LogP contribution in [0.2, 0.25) is 0 Å². The number of aliphatic hydroxyl groups is 2. The predicted molar refractivity (Wildman–Crippen MR) is 105 cm³/mol. The Kier molecular flexibility index (Phi) is 4.40. The van der Waals surface area contributed by atoms with Crippen molar-refractivity contribution in [1.29, 1.82) is 0 Å². The Labute approximate surface area is 173 Å². The van der Waals surface area contributed by atoms with Crippen LogP contribution in [-0.4, -0.2) is 52.5 Å². The fraction of sp³-hybridized carbons (Fsp3) is 0.957. The second-order valence-electron chi connectivity index (χ2n) is 10.9. The van der Waals surface area contributed by atoms with E-state index in [0.29, 0.717) is 43.5 Å². The Hall–Kier alpha value is -0.530. The molecule has 2 aliphatic heterocycles. The summed E-state index contributed by atoms with van der Waals surface area (Å²) in [5, 5.41) is 21.9. The first-order valence-corrected chi connectivity index (χ1v) is 11.5. The maximum atomic E-state index is 13.0. The fourth-order valence-electron chi connectivity index (χ4n) is 8.48. The highest BCUT2D eigenvalue weighted by molar-refractivity contribution is 5.88. The minimum absolute atomic E-state index is 0.145. The largest absolute Gasteiger partial charge is 0.385 e.